The van der Waals surface area contributed by atoms with Crippen molar-refractivity contribution in [1.29, 1.82) is 0 Å². The number of sulfonamides is 1. The molecule has 0 spiro atoms. The first-order valence-electron chi connectivity index (χ1n) is 10.9. The second-order valence-corrected chi connectivity index (χ2v) is 10.4. The van der Waals surface area contributed by atoms with Gasteiger partial charge in [-0.1, -0.05) is 31.2 Å². The Morgan fingerprint density at radius 3 is 2.33 bits per heavy atom. The molecule has 0 bridgehead atoms. The summed E-state index contributed by atoms with van der Waals surface area (Å²) in [5, 5.41) is 2.86. The summed E-state index contributed by atoms with van der Waals surface area (Å²) >= 11 is 0. The van der Waals surface area contributed by atoms with Gasteiger partial charge in [-0.25, -0.2) is 17.9 Å². The van der Waals surface area contributed by atoms with E-state index in [-0.39, 0.29) is 23.5 Å². The zero-order valence-electron chi connectivity index (χ0n) is 20.1. The number of aryl methyl sites for hydroxylation is 1. The van der Waals surface area contributed by atoms with Gasteiger partial charge in [-0.2, -0.15) is 0 Å². The number of benzene rings is 2. The molecule has 2 rings (SSSR count). The predicted molar refractivity (Wildman–Crippen MR) is 129 cm³/mol. The van der Waals surface area contributed by atoms with Crippen molar-refractivity contribution >= 4 is 27.7 Å². The maximum absolute atomic E-state index is 13.1. The van der Waals surface area contributed by atoms with Gasteiger partial charge in [0.05, 0.1) is 11.4 Å². The van der Waals surface area contributed by atoms with E-state index in [1.807, 2.05) is 19.1 Å². The van der Waals surface area contributed by atoms with Crippen LogP contribution in [0.4, 0.5) is 10.5 Å². The Morgan fingerprint density at radius 2 is 1.73 bits per heavy atom. The van der Waals surface area contributed by atoms with Crippen LogP contribution < -0.4 is 10.0 Å². The smallest absolute Gasteiger partial charge is 0.410 e. The average Bonchev–Trinajstić information content (AvgIpc) is 2.71. The summed E-state index contributed by atoms with van der Waals surface area (Å²) in [6, 6.07) is 11.6. The number of ether oxygens (including phenoxy) is 1. The summed E-state index contributed by atoms with van der Waals surface area (Å²) < 4.78 is 32.6. The highest BCUT2D eigenvalue weighted by Crippen LogP contribution is 2.22. The zero-order chi connectivity index (χ0) is 24.8. The van der Waals surface area contributed by atoms with E-state index >= 15 is 0 Å². The van der Waals surface area contributed by atoms with E-state index in [1.54, 1.807) is 57.7 Å². The summed E-state index contributed by atoms with van der Waals surface area (Å²) in [5.41, 5.74) is 1.54. The second kappa shape index (κ2) is 10.8. The molecule has 0 fully saturated rings. The van der Waals surface area contributed by atoms with Gasteiger partial charge >= 0.3 is 6.09 Å². The van der Waals surface area contributed by atoms with Crippen LogP contribution >= 0.6 is 0 Å². The van der Waals surface area contributed by atoms with Crippen molar-refractivity contribution in [1.82, 2.24) is 9.62 Å². The molecule has 2 N–H and O–H groups in total. The Hall–Kier alpha value is -2.91. The van der Waals surface area contributed by atoms with Crippen molar-refractivity contribution in [3.8, 4) is 0 Å². The molecule has 0 radical (unpaired) electrons. The summed E-state index contributed by atoms with van der Waals surface area (Å²) in [5.74, 6) is -0.436. The number of carbonyl (C=O) groups excluding carboxylic acids is 2. The molecule has 0 aliphatic rings. The van der Waals surface area contributed by atoms with Crippen molar-refractivity contribution in [2.75, 3.05) is 18.4 Å². The van der Waals surface area contributed by atoms with Gasteiger partial charge in [0.25, 0.3) is 5.91 Å². The van der Waals surface area contributed by atoms with Crippen LogP contribution in [0.5, 0.6) is 0 Å². The molecule has 9 heteroatoms. The molecule has 8 nitrogen and oxygen atoms in total. The van der Waals surface area contributed by atoms with E-state index in [0.717, 1.165) is 5.56 Å². The standard InChI is InChI=1S/C24H33N3O5S/c1-7-25-33(30,31)19-14-13-17(3)20(15-19)22(28)26-21-12-10-9-11-18(21)16-27(8-2)23(29)32-24(4,5)6/h9-15,25H,7-8,16H2,1-6H3,(H,26,28). The quantitative estimate of drug-likeness (QED) is 0.592. The number of hydrogen-bond donors (Lipinski definition) is 2. The highest BCUT2D eigenvalue weighted by Gasteiger charge is 2.23. The second-order valence-electron chi connectivity index (χ2n) is 8.58. The third kappa shape index (κ3) is 7.30. The fourth-order valence-corrected chi connectivity index (χ4v) is 4.16. The number of anilines is 1. The fourth-order valence-electron chi connectivity index (χ4n) is 3.09. The molecule has 0 atom stereocenters. The summed E-state index contributed by atoms with van der Waals surface area (Å²) in [7, 11) is -3.70. The first-order valence-corrected chi connectivity index (χ1v) is 12.3. The van der Waals surface area contributed by atoms with Crippen molar-refractivity contribution < 1.29 is 22.7 Å². The van der Waals surface area contributed by atoms with Crippen molar-refractivity contribution in [2.24, 2.45) is 0 Å². The summed E-state index contributed by atoms with van der Waals surface area (Å²) in [4.78, 5) is 27.2. The molecule has 0 heterocycles. The minimum Gasteiger partial charge on any atom is -0.444 e. The third-order valence-electron chi connectivity index (χ3n) is 4.76. The lowest BCUT2D eigenvalue weighted by Gasteiger charge is -2.27. The molecule has 2 aromatic carbocycles. The van der Waals surface area contributed by atoms with Crippen LogP contribution in [-0.2, 0) is 21.3 Å². The maximum Gasteiger partial charge on any atom is 0.410 e. The van der Waals surface area contributed by atoms with Crippen molar-refractivity contribution in [3.63, 3.8) is 0 Å². The number of amides is 2. The fraction of sp³-hybridized carbons (Fsp3) is 0.417. The van der Waals surface area contributed by atoms with E-state index in [0.29, 0.717) is 17.8 Å². The van der Waals surface area contributed by atoms with Crippen LogP contribution in [0.2, 0.25) is 0 Å². The van der Waals surface area contributed by atoms with Gasteiger partial charge in [0.2, 0.25) is 10.0 Å². The largest absolute Gasteiger partial charge is 0.444 e. The molecular weight excluding hydrogens is 442 g/mol. The number of hydrogen-bond acceptors (Lipinski definition) is 5. The van der Waals surface area contributed by atoms with Crippen LogP contribution in [0, 0.1) is 6.92 Å². The molecule has 2 aromatic rings. The number of nitrogens with one attached hydrogen (secondary N) is 2. The Labute approximate surface area is 196 Å². The van der Waals surface area contributed by atoms with Crippen LogP contribution in [0.1, 0.15) is 56.1 Å². The lowest BCUT2D eigenvalue weighted by molar-refractivity contribution is 0.0245. The molecule has 180 valence electrons. The molecule has 0 aliphatic carbocycles. The van der Waals surface area contributed by atoms with E-state index in [1.165, 1.54) is 12.1 Å². The number of para-hydroxylation sites is 1. The monoisotopic (exact) mass is 475 g/mol. The van der Waals surface area contributed by atoms with Gasteiger partial charge in [0, 0.05) is 24.3 Å². The normalized spacial score (nSPS) is 11.7. The Balaban J connectivity index is 2.29. The average molecular weight is 476 g/mol. The summed E-state index contributed by atoms with van der Waals surface area (Å²) in [6.45, 7) is 11.6. The predicted octanol–water partition coefficient (Wildman–Crippen LogP) is 4.30. The van der Waals surface area contributed by atoms with Gasteiger partial charge < -0.3 is 15.0 Å². The molecule has 0 aromatic heterocycles. The van der Waals surface area contributed by atoms with Crippen LogP contribution in [0.25, 0.3) is 0 Å². The highest BCUT2D eigenvalue weighted by molar-refractivity contribution is 7.89. The zero-order valence-corrected chi connectivity index (χ0v) is 20.9. The van der Waals surface area contributed by atoms with E-state index in [4.69, 9.17) is 4.74 Å². The number of nitrogens with zero attached hydrogens (tertiary/aromatic N) is 1. The SMILES string of the molecule is CCNS(=O)(=O)c1ccc(C)c(C(=O)Nc2ccccc2CN(CC)C(=O)OC(C)(C)C)c1. The number of carbonyl (C=O) groups is 2. The maximum atomic E-state index is 13.1. The molecule has 2 amide bonds. The Kier molecular flexibility index (Phi) is 8.63. The van der Waals surface area contributed by atoms with Gasteiger partial charge in [-0.05, 0) is 63.9 Å². The highest BCUT2D eigenvalue weighted by atomic mass is 32.2. The Morgan fingerprint density at radius 1 is 1.06 bits per heavy atom. The third-order valence-corrected chi connectivity index (χ3v) is 6.30. The molecule has 0 unspecified atom stereocenters. The lowest BCUT2D eigenvalue weighted by Crippen LogP contribution is -2.36. The molecule has 33 heavy (non-hydrogen) atoms. The number of rotatable bonds is 8. The van der Waals surface area contributed by atoms with Crippen LogP contribution in [0.3, 0.4) is 0 Å². The van der Waals surface area contributed by atoms with Crippen LogP contribution in [-0.4, -0.2) is 44.0 Å². The Bertz CT molecular complexity index is 1110. The first-order chi connectivity index (χ1) is 15.4. The van der Waals surface area contributed by atoms with E-state index in [9.17, 15) is 18.0 Å². The minimum atomic E-state index is -3.70. The topological polar surface area (TPSA) is 105 Å². The minimum absolute atomic E-state index is 0.0236. The lowest BCUT2D eigenvalue weighted by atomic mass is 10.1. The molecular formula is C24H33N3O5S. The summed E-state index contributed by atoms with van der Waals surface area (Å²) in [6.07, 6.45) is -0.441. The molecule has 0 aliphatic heterocycles. The first kappa shape index (κ1) is 26.3. The van der Waals surface area contributed by atoms with Crippen molar-refractivity contribution in [3.05, 3.63) is 59.2 Å². The molecule has 0 saturated carbocycles. The van der Waals surface area contributed by atoms with E-state index < -0.39 is 27.6 Å². The van der Waals surface area contributed by atoms with Gasteiger partial charge in [-0.15, -0.1) is 0 Å². The van der Waals surface area contributed by atoms with E-state index in [2.05, 4.69) is 10.0 Å². The van der Waals surface area contributed by atoms with Gasteiger partial charge in [0.15, 0.2) is 0 Å². The molecule has 0 saturated heterocycles. The van der Waals surface area contributed by atoms with Crippen molar-refractivity contribution in [2.45, 2.75) is 58.6 Å². The van der Waals surface area contributed by atoms with Gasteiger partial charge in [0.1, 0.15) is 5.60 Å². The van der Waals surface area contributed by atoms with Gasteiger partial charge in [-0.3, -0.25) is 4.79 Å². The van der Waals surface area contributed by atoms with Crippen LogP contribution in [0.15, 0.2) is 47.4 Å².